The normalized spacial score (nSPS) is 17.5. The number of carbonyl (C=O) groups is 1. The highest BCUT2D eigenvalue weighted by Gasteiger charge is 2.18. The van der Waals surface area contributed by atoms with Crippen molar-refractivity contribution in [2.75, 3.05) is 33.4 Å². The molecule has 7 nitrogen and oxygen atoms in total. The monoisotopic (exact) mass is 363 g/mol. The smallest absolute Gasteiger partial charge is 0.251 e. The largest absolute Gasteiger partial charge is 0.383 e. The Kier molecular flexibility index (Phi) is 7.93. The van der Waals surface area contributed by atoms with Crippen LogP contribution in [0.1, 0.15) is 16.8 Å². The molecule has 1 heterocycles. The number of rotatable bonds is 7. The van der Waals surface area contributed by atoms with E-state index in [9.17, 15) is 13.2 Å². The van der Waals surface area contributed by atoms with Crippen LogP contribution in [0.25, 0.3) is 0 Å². The zero-order valence-corrected chi connectivity index (χ0v) is 14.5. The standard InChI is InChI=1S/C14H21N3O4S.ClH/c1-21-9-8-16-22(19,20)13-4-2-11(3-5-13)14(18)17-12-6-7-15-10-12;/h2-5,12,15-16H,6-10H2,1H3,(H,17,18);1H. The fourth-order valence-corrected chi connectivity index (χ4v) is 3.21. The van der Waals surface area contributed by atoms with Crippen LogP contribution in [0.2, 0.25) is 0 Å². The van der Waals surface area contributed by atoms with Gasteiger partial charge < -0.3 is 15.4 Å². The minimum atomic E-state index is -3.57. The third kappa shape index (κ3) is 5.74. The molecule has 1 aromatic rings. The fourth-order valence-electron chi connectivity index (χ4n) is 2.19. The highest BCUT2D eigenvalue weighted by molar-refractivity contribution is 7.89. The molecule has 1 aliphatic rings. The fraction of sp³-hybridized carbons (Fsp3) is 0.500. The molecular formula is C14H22ClN3O4S. The Labute approximate surface area is 142 Å². The van der Waals surface area contributed by atoms with E-state index in [-0.39, 0.29) is 35.8 Å². The van der Waals surface area contributed by atoms with E-state index in [1.54, 1.807) is 0 Å². The molecule has 1 saturated heterocycles. The summed E-state index contributed by atoms with van der Waals surface area (Å²) in [5.41, 5.74) is 0.447. The third-order valence-corrected chi connectivity index (χ3v) is 4.90. The Morgan fingerprint density at radius 2 is 2.04 bits per heavy atom. The maximum Gasteiger partial charge on any atom is 0.251 e. The molecule has 0 aromatic heterocycles. The van der Waals surface area contributed by atoms with Crippen molar-refractivity contribution in [2.24, 2.45) is 0 Å². The van der Waals surface area contributed by atoms with Gasteiger partial charge >= 0.3 is 0 Å². The van der Waals surface area contributed by atoms with Crippen LogP contribution in [-0.2, 0) is 14.8 Å². The van der Waals surface area contributed by atoms with Gasteiger partial charge in [-0.15, -0.1) is 12.4 Å². The molecule has 0 radical (unpaired) electrons. The zero-order chi connectivity index (χ0) is 16.0. The van der Waals surface area contributed by atoms with Crippen molar-refractivity contribution in [3.63, 3.8) is 0 Å². The van der Waals surface area contributed by atoms with Crippen molar-refractivity contribution in [1.82, 2.24) is 15.4 Å². The van der Waals surface area contributed by atoms with E-state index < -0.39 is 10.0 Å². The van der Waals surface area contributed by atoms with Gasteiger partial charge in [-0.3, -0.25) is 4.79 Å². The van der Waals surface area contributed by atoms with Crippen molar-refractivity contribution < 1.29 is 17.9 Å². The maximum absolute atomic E-state index is 12.1. The van der Waals surface area contributed by atoms with Crippen molar-refractivity contribution in [2.45, 2.75) is 17.4 Å². The molecule has 1 atom stereocenters. The van der Waals surface area contributed by atoms with Gasteiger partial charge in [0.15, 0.2) is 0 Å². The van der Waals surface area contributed by atoms with Crippen LogP contribution in [-0.4, -0.2) is 53.7 Å². The van der Waals surface area contributed by atoms with Crippen molar-refractivity contribution in [3.05, 3.63) is 29.8 Å². The van der Waals surface area contributed by atoms with Gasteiger partial charge in [0.05, 0.1) is 11.5 Å². The number of amides is 1. The van der Waals surface area contributed by atoms with Gasteiger partial charge in [-0.05, 0) is 37.2 Å². The second-order valence-electron chi connectivity index (χ2n) is 5.08. The highest BCUT2D eigenvalue weighted by atomic mass is 35.5. The van der Waals surface area contributed by atoms with Gasteiger partial charge in [0, 0.05) is 31.8 Å². The lowest BCUT2D eigenvalue weighted by atomic mass is 10.2. The summed E-state index contributed by atoms with van der Waals surface area (Å²) in [6.07, 6.45) is 0.904. The van der Waals surface area contributed by atoms with Crippen LogP contribution >= 0.6 is 12.4 Å². The van der Waals surface area contributed by atoms with E-state index in [1.165, 1.54) is 31.4 Å². The molecule has 2 rings (SSSR count). The number of halogens is 1. The molecule has 0 saturated carbocycles. The molecule has 1 aliphatic heterocycles. The summed E-state index contributed by atoms with van der Waals surface area (Å²) in [6, 6.07) is 6.02. The lowest BCUT2D eigenvalue weighted by Crippen LogP contribution is -2.36. The lowest BCUT2D eigenvalue weighted by Gasteiger charge is -2.11. The Morgan fingerprint density at radius 1 is 1.35 bits per heavy atom. The van der Waals surface area contributed by atoms with Crippen molar-refractivity contribution in [3.8, 4) is 0 Å². The number of methoxy groups -OCH3 is 1. The van der Waals surface area contributed by atoms with Crippen LogP contribution in [0.15, 0.2) is 29.2 Å². The van der Waals surface area contributed by atoms with Gasteiger partial charge in [0.25, 0.3) is 5.91 Å². The third-order valence-electron chi connectivity index (χ3n) is 3.42. The first-order chi connectivity index (χ1) is 10.5. The number of nitrogens with one attached hydrogen (secondary N) is 3. The predicted molar refractivity (Wildman–Crippen MR) is 89.5 cm³/mol. The van der Waals surface area contributed by atoms with Crippen LogP contribution in [0.5, 0.6) is 0 Å². The van der Waals surface area contributed by atoms with E-state index >= 15 is 0 Å². The van der Waals surface area contributed by atoms with Crippen LogP contribution < -0.4 is 15.4 Å². The van der Waals surface area contributed by atoms with Crippen LogP contribution in [0.4, 0.5) is 0 Å². The molecule has 1 amide bonds. The molecule has 1 fully saturated rings. The van der Waals surface area contributed by atoms with Crippen LogP contribution in [0, 0.1) is 0 Å². The van der Waals surface area contributed by atoms with Gasteiger partial charge in [-0.1, -0.05) is 0 Å². The lowest BCUT2D eigenvalue weighted by molar-refractivity contribution is 0.0940. The van der Waals surface area contributed by atoms with Gasteiger partial charge in [-0.25, -0.2) is 13.1 Å². The Morgan fingerprint density at radius 3 is 2.61 bits per heavy atom. The van der Waals surface area contributed by atoms with E-state index in [4.69, 9.17) is 4.74 Å². The number of carbonyl (C=O) groups excluding carboxylic acids is 1. The van der Waals surface area contributed by atoms with Crippen molar-refractivity contribution >= 4 is 28.3 Å². The molecule has 9 heteroatoms. The first-order valence-electron chi connectivity index (χ1n) is 7.13. The molecule has 0 bridgehead atoms. The summed E-state index contributed by atoms with van der Waals surface area (Å²) in [7, 11) is -2.07. The molecular weight excluding hydrogens is 342 g/mol. The summed E-state index contributed by atoms with van der Waals surface area (Å²) in [5.74, 6) is -0.190. The van der Waals surface area contributed by atoms with E-state index in [0.717, 1.165) is 19.5 Å². The molecule has 23 heavy (non-hydrogen) atoms. The molecule has 1 unspecified atom stereocenters. The predicted octanol–water partition coefficient (Wildman–Crippen LogP) is 0.125. The molecule has 3 N–H and O–H groups in total. The Balaban J connectivity index is 0.00000264. The number of benzene rings is 1. The first kappa shape index (κ1) is 19.9. The maximum atomic E-state index is 12.1. The summed E-state index contributed by atoms with van der Waals surface area (Å²) in [4.78, 5) is 12.2. The average molecular weight is 364 g/mol. The first-order valence-corrected chi connectivity index (χ1v) is 8.61. The second kappa shape index (κ2) is 9.19. The molecule has 0 spiro atoms. The molecule has 0 aliphatic carbocycles. The van der Waals surface area contributed by atoms with E-state index in [1.807, 2.05) is 0 Å². The molecule has 130 valence electrons. The highest BCUT2D eigenvalue weighted by Crippen LogP contribution is 2.11. The number of hydrogen-bond acceptors (Lipinski definition) is 5. The minimum absolute atomic E-state index is 0. The SMILES string of the molecule is COCCNS(=O)(=O)c1ccc(C(=O)NC2CCNC2)cc1.Cl. The van der Waals surface area contributed by atoms with Gasteiger partial charge in [0.2, 0.25) is 10.0 Å². The Hall–Kier alpha value is -1.19. The van der Waals surface area contributed by atoms with Gasteiger partial charge in [-0.2, -0.15) is 0 Å². The Bertz CT molecular complexity index is 601. The summed E-state index contributed by atoms with van der Waals surface area (Å²) < 4.78 is 31.2. The minimum Gasteiger partial charge on any atom is -0.383 e. The summed E-state index contributed by atoms with van der Waals surface area (Å²) in [6.45, 7) is 2.17. The average Bonchev–Trinajstić information content (AvgIpc) is 3.00. The summed E-state index contributed by atoms with van der Waals surface area (Å²) in [5, 5.41) is 6.08. The van der Waals surface area contributed by atoms with E-state index in [0.29, 0.717) is 12.2 Å². The topological polar surface area (TPSA) is 96.5 Å². The second-order valence-corrected chi connectivity index (χ2v) is 6.85. The number of sulfonamides is 1. The number of ether oxygens (including phenoxy) is 1. The van der Waals surface area contributed by atoms with E-state index in [2.05, 4.69) is 15.4 Å². The zero-order valence-electron chi connectivity index (χ0n) is 12.9. The van der Waals surface area contributed by atoms with Crippen molar-refractivity contribution in [1.29, 1.82) is 0 Å². The summed E-state index contributed by atoms with van der Waals surface area (Å²) >= 11 is 0. The van der Waals surface area contributed by atoms with Crippen LogP contribution in [0.3, 0.4) is 0 Å². The molecule has 1 aromatic carbocycles. The number of hydrogen-bond donors (Lipinski definition) is 3. The van der Waals surface area contributed by atoms with Gasteiger partial charge in [0.1, 0.15) is 0 Å². The quantitative estimate of drug-likeness (QED) is 0.598.